The van der Waals surface area contributed by atoms with Gasteiger partial charge >= 0.3 is 0 Å². The lowest BCUT2D eigenvalue weighted by Crippen LogP contribution is -2.43. The predicted molar refractivity (Wildman–Crippen MR) is 80.0 cm³/mol. The van der Waals surface area contributed by atoms with E-state index in [2.05, 4.69) is 50.5 Å². The topological polar surface area (TPSA) is 33.3 Å². The van der Waals surface area contributed by atoms with Crippen molar-refractivity contribution in [2.45, 2.75) is 39.2 Å². The van der Waals surface area contributed by atoms with Crippen molar-refractivity contribution in [3.63, 3.8) is 0 Å². The molecule has 1 aliphatic rings. The minimum Gasteiger partial charge on any atom is -0.496 e. The number of hydrogen-bond acceptors (Lipinski definition) is 3. The smallest absolute Gasteiger partial charge is 0.122 e. The summed E-state index contributed by atoms with van der Waals surface area (Å²) in [6.45, 7) is 11.9. The van der Waals surface area contributed by atoms with Crippen molar-refractivity contribution < 1.29 is 4.74 Å². The molecule has 106 valence electrons. The van der Waals surface area contributed by atoms with Crippen molar-refractivity contribution >= 4 is 0 Å². The van der Waals surface area contributed by atoms with E-state index in [1.54, 1.807) is 7.11 Å². The molecule has 3 heteroatoms. The van der Waals surface area contributed by atoms with Crippen molar-refractivity contribution in [2.75, 3.05) is 26.7 Å². The van der Waals surface area contributed by atoms with E-state index >= 15 is 0 Å². The number of rotatable bonds is 2. The molecule has 1 aromatic rings. The molecule has 3 nitrogen and oxygen atoms in total. The van der Waals surface area contributed by atoms with Crippen molar-refractivity contribution in [2.24, 2.45) is 0 Å². The molecule has 1 aromatic carbocycles. The van der Waals surface area contributed by atoms with Crippen LogP contribution in [0, 0.1) is 6.92 Å². The largest absolute Gasteiger partial charge is 0.496 e. The lowest BCUT2D eigenvalue weighted by atomic mass is 9.83. The maximum absolute atomic E-state index is 5.56. The van der Waals surface area contributed by atoms with Gasteiger partial charge in [0.25, 0.3) is 0 Å². The Bertz CT molecular complexity index is 443. The van der Waals surface area contributed by atoms with Crippen LogP contribution in [0.4, 0.5) is 0 Å². The van der Waals surface area contributed by atoms with Gasteiger partial charge in [-0.3, -0.25) is 0 Å². The second kappa shape index (κ2) is 5.51. The third kappa shape index (κ3) is 3.10. The van der Waals surface area contributed by atoms with Crippen LogP contribution >= 0.6 is 0 Å². The number of piperazine rings is 1. The number of ether oxygens (including phenoxy) is 1. The highest BCUT2D eigenvalue weighted by Gasteiger charge is 2.23. The lowest BCUT2D eigenvalue weighted by molar-refractivity contribution is 0.394. The van der Waals surface area contributed by atoms with Gasteiger partial charge < -0.3 is 15.4 Å². The van der Waals surface area contributed by atoms with Gasteiger partial charge in [-0.05, 0) is 41.2 Å². The maximum atomic E-state index is 5.56. The monoisotopic (exact) mass is 262 g/mol. The van der Waals surface area contributed by atoms with E-state index < -0.39 is 0 Å². The van der Waals surface area contributed by atoms with Crippen LogP contribution in [0.3, 0.4) is 0 Å². The third-order valence-corrected chi connectivity index (χ3v) is 3.81. The van der Waals surface area contributed by atoms with E-state index in [0.717, 1.165) is 25.4 Å². The van der Waals surface area contributed by atoms with Gasteiger partial charge in [-0.2, -0.15) is 0 Å². The van der Waals surface area contributed by atoms with Crippen LogP contribution in [0.2, 0.25) is 0 Å². The summed E-state index contributed by atoms with van der Waals surface area (Å²) in [5.41, 5.74) is 4.06. The fourth-order valence-corrected chi connectivity index (χ4v) is 2.70. The molecule has 0 aliphatic carbocycles. The average Bonchev–Trinajstić information content (AvgIpc) is 2.38. The first-order valence-corrected chi connectivity index (χ1v) is 7.06. The van der Waals surface area contributed by atoms with Gasteiger partial charge in [0.05, 0.1) is 7.11 Å². The van der Waals surface area contributed by atoms with Crippen LogP contribution in [0.15, 0.2) is 12.1 Å². The molecule has 1 unspecified atom stereocenters. The van der Waals surface area contributed by atoms with Gasteiger partial charge in [-0.1, -0.05) is 20.8 Å². The highest BCUT2D eigenvalue weighted by molar-refractivity contribution is 5.47. The molecule has 1 aliphatic heterocycles. The minimum atomic E-state index is 0.0931. The van der Waals surface area contributed by atoms with Gasteiger partial charge in [0, 0.05) is 25.7 Å². The summed E-state index contributed by atoms with van der Waals surface area (Å²) < 4.78 is 5.56. The zero-order valence-corrected chi connectivity index (χ0v) is 12.8. The van der Waals surface area contributed by atoms with E-state index in [4.69, 9.17) is 4.74 Å². The highest BCUT2D eigenvalue weighted by atomic mass is 16.5. The van der Waals surface area contributed by atoms with Gasteiger partial charge in [0.2, 0.25) is 0 Å². The predicted octanol–water partition coefficient (Wildman–Crippen LogP) is 2.54. The van der Waals surface area contributed by atoms with Crippen molar-refractivity contribution in [1.29, 1.82) is 0 Å². The lowest BCUT2D eigenvalue weighted by Gasteiger charge is -2.29. The first-order valence-electron chi connectivity index (χ1n) is 7.06. The molecule has 0 radical (unpaired) electrons. The molecule has 0 aromatic heterocycles. The number of benzene rings is 1. The molecule has 1 fully saturated rings. The Morgan fingerprint density at radius 3 is 2.47 bits per heavy atom. The van der Waals surface area contributed by atoms with Crippen LogP contribution in [0.25, 0.3) is 0 Å². The maximum Gasteiger partial charge on any atom is 0.122 e. The van der Waals surface area contributed by atoms with Crippen molar-refractivity contribution in [3.05, 3.63) is 28.8 Å². The Kier molecular flexibility index (Phi) is 4.16. The molecule has 1 atom stereocenters. The molecule has 2 rings (SSSR count). The minimum absolute atomic E-state index is 0.0931. The Morgan fingerprint density at radius 2 is 1.95 bits per heavy atom. The molecule has 19 heavy (non-hydrogen) atoms. The fraction of sp³-hybridized carbons (Fsp3) is 0.625. The summed E-state index contributed by atoms with van der Waals surface area (Å²) in [6, 6.07) is 4.89. The van der Waals surface area contributed by atoms with E-state index in [1.165, 1.54) is 16.7 Å². The SMILES string of the molecule is COc1cc(C)c(C2CNCCN2)cc1C(C)(C)C. The molecule has 0 spiro atoms. The van der Waals surface area contributed by atoms with Gasteiger partial charge in [0.15, 0.2) is 0 Å². The van der Waals surface area contributed by atoms with E-state index in [-0.39, 0.29) is 5.41 Å². The zero-order valence-electron chi connectivity index (χ0n) is 12.8. The summed E-state index contributed by atoms with van der Waals surface area (Å²) >= 11 is 0. The van der Waals surface area contributed by atoms with Crippen molar-refractivity contribution in [3.8, 4) is 5.75 Å². The van der Waals surface area contributed by atoms with E-state index in [0.29, 0.717) is 6.04 Å². The van der Waals surface area contributed by atoms with Crippen LogP contribution in [-0.4, -0.2) is 26.7 Å². The zero-order chi connectivity index (χ0) is 14.0. The van der Waals surface area contributed by atoms with Gasteiger partial charge in [-0.25, -0.2) is 0 Å². The van der Waals surface area contributed by atoms with Gasteiger partial charge in [-0.15, -0.1) is 0 Å². The standard InChI is InChI=1S/C16H26N2O/c1-11-8-15(19-5)13(16(2,3)4)9-12(11)14-10-17-6-7-18-14/h8-9,14,17-18H,6-7,10H2,1-5H3. The number of nitrogens with one attached hydrogen (secondary N) is 2. The molecule has 0 bridgehead atoms. The first kappa shape index (κ1) is 14.4. The summed E-state index contributed by atoms with van der Waals surface area (Å²) in [4.78, 5) is 0. The van der Waals surface area contributed by atoms with Gasteiger partial charge in [0.1, 0.15) is 5.75 Å². The van der Waals surface area contributed by atoms with Crippen LogP contribution in [-0.2, 0) is 5.41 Å². The third-order valence-electron chi connectivity index (χ3n) is 3.81. The molecule has 0 amide bonds. The van der Waals surface area contributed by atoms with Crippen molar-refractivity contribution in [1.82, 2.24) is 10.6 Å². The molecule has 1 heterocycles. The molecule has 1 saturated heterocycles. The van der Waals surface area contributed by atoms with E-state index in [9.17, 15) is 0 Å². The fourth-order valence-electron chi connectivity index (χ4n) is 2.70. The summed E-state index contributed by atoms with van der Waals surface area (Å²) in [5.74, 6) is 0.998. The first-order chi connectivity index (χ1) is 8.93. The Balaban J connectivity index is 2.44. The summed E-state index contributed by atoms with van der Waals surface area (Å²) in [5, 5.41) is 7.04. The Morgan fingerprint density at radius 1 is 1.21 bits per heavy atom. The molecular weight excluding hydrogens is 236 g/mol. The molecule has 0 saturated carbocycles. The number of hydrogen-bond donors (Lipinski definition) is 2. The average molecular weight is 262 g/mol. The van der Waals surface area contributed by atoms with Crippen LogP contribution in [0.1, 0.15) is 43.5 Å². The normalized spacial score (nSPS) is 20.4. The van der Waals surface area contributed by atoms with Crippen LogP contribution < -0.4 is 15.4 Å². The second-order valence-corrected chi connectivity index (χ2v) is 6.37. The second-order valence-electron chi connectivity index (χ2n) is 6.37. The summed E-state index contributed by atoms with van der Waals surface area (Å²) in [7, 11) is 1.75. The Labute approximate surface area is 116 Å². The van der Waals surface area contributed by atoms with Crippen LogP contribution in [0.5, 0.6) is 5.75 Å². The molecule has 2 N–H and O–H groups in total. The highest BCUT2D eigenvalue weighted by Crippen LogP contribution is 2.35. The molecular formula is C16H26N2O. The van der Waals surface area contributed by atoms with E-state index in [1.807, 2.05) is 0 Å². The quantitative estimate of drug-likeness (QED) is 0.859. The number of methoxy groups -OCH3 is 1. The number of aryl methyl sites for hydroxylation is 1. The summed E-state index contributed by atoms with van der Waals surface area (Å²) in [6.07, 6.45) is 0. The Hall–Kier alpha value is -1.06.